The summed E-state index contributed by atoms with van der Waals surface area (Å²) >= 11 is 0. The van der Waals surface area contributed by atoms with Crippen LogP contribution in [0.1, 0.15) is 27.3 Å². The fourth-order valence-corrected chi connectivity index (χ4v) is 3.90. The third-order valence-electron chi connectivity index (χ3n) is 5.21. The first-order chi connectivity index (χ1) is 12.0. The summed E-state index contributed by atoms with van der Waals surface area (Å²) < 4.78 is 1.95. The molecule has 130 valence electrons. The molecule has 2 saturated heterocycles. The molecule has 6 nitrogen and oxygen atoms in total. The molecule has 2 fully saturated rings. The Morgan fingerprint density at radius 3 is 2.84 bits per heavy atom. The third-order valence-corrected chi connectivity index (χ3v) is 5.21. The number of aryl methyl sites for hydroxylation is 2. The molecule has 1 N–H and O–H groups in total. The second kappa shape index (κ2) is 6.02. The smallest absolute Gasteiger partial charge is 0.253 e. The molecular weight excluding hydrogens is 316 g/mol. The number of benzene rings is 1. The van der Waals surface area contributed by atoms with Crippen molar-refractivity contribution in [2.24, 2.45) is 11.8 Å². The van der Waals surface area contributed by atoms with Gasteiger partial charge in [-0.15, -0.1) is 0 Å². The summed E-state index contributed by atoms with van der Waals surface area (Å²) in [5.74, 6) is 0.312. The second-order valence-electron chi connectivity index (χ2n) is 7.11. The van der Waals surface area contributed by atoms with Gasteiger partial charge in [-0.3, -0.25) is 14.3 Å². The Balaban J connectivity index is 1.50. The van der Waals surface area contributed by atoms with E-state index in [9.17, 15) is 9.59 Å². The molecule has 4 rings (SSSR count). The van der Waals surface area contributed by atoms with Crippen molar-refractivity contribution in [1.82, 2.24) is 20.0 Å². The Morgan fingerprint density at radius 1 is 1.28 bits per heavy atom. The van der Waals surface area contributed by atoms with Gasteiger partial charge in [-0.2, -0.15) is 5.10 Å². The predicted octanol–water partition coefficient (Wildman–Crippen LogP) is 1.37. The lowest BCUT2D eigenvalue weighted by Gasteiger charge is -2.18. The summed E-state index contributed by atoms with van der Waals surface area (Å²) in [6.07, 6.45) is 0. The number of aromatic nitrogens is 2. The molecule has 1 aromatic carbocycles. The zero-order valence-corrected chi connectivity index (χ0v) is 14.5. The molecule has 25 heavy (non-hydrogen) atoms. The minimum Gasteiger partial charge on any atom is -0.355 e. The Morgan fingerprint density at radius 2 is 2.12 bits per heavy atom. The number of rotatable bonds is 3. The van der Waals surface area contributed by atoms with Gasteiger partial charge in [0.1, 0.15) is 0 Å². The van der Waals surface area contributed by atoms with Gasteiger partial charge < -0.3 is 10.2 Å². The first-order valence-corrected chi connectivity index (χ1v) is 8.68. The first kappa shape index (κ1) is 15.9. The average molecular weight is 338 g/mol. The molecule has 2 aliphatic heterocycles. The van der Waals surface area contributed by atoms with E-state index in [0.29, 0.717) is 31.7 Å². The SMILES string of the molecule is Cc1cc(C)n(Cc2cccc(C(=O)N3C[C@@H]4CNC(=O)[C@@H]4C3)c2)n1. The van der Waals surface area contributed by atoms with Crippen molar-refractivity contribution in [2.45, 2.75) is 20.4 Å². The number of fused-ring (bicyclic) bond motifs is 1. The van der Waals surface area contributed by atoms with Crippen LogP contribution in [0, 0.1) is 25.7 Å². The number of nitrogens with zero attached hydrogens (tertiary/aromatic N) is 3. The van der Waals surface area contributed by atoms with E-state index in [1.807, 2.05) is 53.8 Å². The van der Waals surface area contributed by atoms with E-state index in [1.54, 1.807) is 0 Å². The van der Waals surface area contributed by atoms with Gasteiger partial charge in [-0.1, -0.05) is 12.1 Å². The van der Waals surface area contributed by atoms with Crippen LogP contribution in [0.3, 0.4) is 0 Å². The lowest BCUT2D eigenvalue weighted by Crippen LogP contribution is -2.33. The molecule has 1 aromatic heterocycles. The molecule has 0 radical (unpaired) electrons. The van der Waals surface area contributed by atoms with Gasteiger partial charge in [0.05, 0.1) is 18.2 Å². The molecule has 0 spiro atoms. The van der Waals surface area contributed by atoms with Gasteiger partial charge in [0.25, 0.3) is 5.91 Å². The maximum atomic E-state index is 12.8. The lowest BCUT2D eigenvalue weighted by molar-refractivity contribution is -0.122. The highest BCUT2D eigenvalue weighted by molar-refractivity contribution is 5.95. The van der Waals surface area contributed by atoms with Crippen molar-refractivity contribution in [2.75, 3.05) is 19.6 Å². The largest absolute Gasteiger partial charge is 0.355 e. The van der Waals surface area contributed by atoms with E-state index < -0.39 is 0 Å². The first-order valence-electron chi connectivity index (χ1n) is 8.68. The molecule has 0 unspecified atom stereocenters. The second-order valence-corrected chi connectivity index (χ2v) is 7.11. The van der Waals surface area contributed by atoms with E-state index in [0.717, 1.165) is 17.0 Å². The Bertz CT molecular complexity index is 842. The van der Waals surface area contributed by atoms with Crippen LogP contribution in [-0.2, 0) is 11.3 Å². The van der Waals surface area contributed by atoms with Crippen LogP contribution in [0.4, 0.5) is 0 Å². The predicted molar refractivity (Wildman–Crippen MR) is 93.1 cm³/mol. The minimum atomic E-state index is -0.0400. The fraction of sp³-hybridized carbons (Fsp3) is 0.421. The van der Waals surface area contributed by atoms with Crippen molar-refractivity contribution in [1.29, 1.82) is 0 Å². The third kappa shape index (κ3) is 2.92. The number of likely N-dealkylation sites (tertiary alicyclic amines) is 1. The van der Waals surface area contributed by atoms with E-state index >= 15 is 0 Å². The molecular formula is C19H22N4O2. The maximum Gasteiger partial charge on any atom is 0.253 e. The van der Waals surface area contributed by atoms with Crippen LogP contribution in [0.25, 0.3) is 0 Å². The van der Waals surface area contributed by atoms with Crippen LogP contribution in [-0.4, -0.2) is 46.1 Å². The maximum absolute atomic E-state index is 12.8. The number of carbonyl (C=O) groups excluding carboxylic acids is 2. The van der Waals surface area contributed by atoms with Crippen molar-refractivity contribution in [3.05, 3.63) is 52.8 Å². The summed E-state index contributed by atoms with van der Waals surface area (Å²) in [7, 11) is 0. The molecule has 2 aliphatic rings. The number of carbonyl (C=O) groups is 2. The highest BCUT2D eigenvalue weighted by atomic mass is 16.2. The van der Waals surface area contributed by atoms with E-state index in [-0.39, 0.29) is 23.7 Å². The lowest BCUT2D eigenvalue weighted by atomic mass is 10.0. The standard InChI is InChI=1S/C19H22N4O2/c1-12-6-13(2)23(21-12)9-14-4-3-5-15(7-14)19(25)22-10-16-8-20-18(24)17(16)11-22/h3-7,16-17H,8-11H2,1-2H3,(H,20,24)/t16-,17+/m0/s1. The van der Waals surface area contributed by atoms with Crippen molar-refractivity contribution in [3.63, 3.8) is 0 Å². The van der Waals surface area contributed by atoms with Gasteiger partial charge in [-0.05, 0) is 37.6 Å². The van der Waals surface area contributed by atoms with E-state index in [4.69, 9.17) is 0 Å². The van der Waals surface area contributed by atoms with Gasteiger partial charge >= 0.3 is 0 Å². The molecule has 0 saturated carbocycles. The summed E-state index contributed by atoms with van der Waals surface area (Å²) in [5, 5.41) is 7.36. The Kier molecular flexibility index (Phi) is 3.82. The highest BCUT2D eigenvalue weighted by Crippen LogP contribution is 2.28. The van der Waals surface area contributed by atoms with Crippen LogP contribution in [0.2, 0.25) is 0 Å². The monoisotopic (exact) mass is 338 g/mol. The van der Waals surface area contributed by atoms with Crippen LogP contribution >= 0.6 is 0 Å². The molecule has 3 heterocycles. The summed E-state index contributed by atoms with van der Waals surface area (Å²) in [5.41, 5.74) is 3.83. The topological polar surface area (TPSA) is 67.2 Å². The molecule has 2 aromatic rings. The number of amides is 2. The number of hydrogen-bond donors (Lipinski definition) is 1. The average Bonchev–Trinajstić information content (AvgIpc) is 3.24. The molecule has 0 bridgehead atoms. The van der Waals surface area contributed by atoms with Gasteiger partial charge in [0, 0.05) is 36.8 Å². The fourth-order valence-electron chi connectivity index (χ4n) is 3.90. The van der Waals surface area contributed by atoms with Crippen molar-refractivity contribution in [3.8, 4) is 0 Å². The molecule has 6 heteroatoms. The summed E-state index contributed by atoms with van der Waals surface area (Å²) in [6.45, 7) is 6.52. The van der Waals surface area contributed by atoms with E-state index in [1.165, 1.54) is 0 Å². The number of hydrogen-bond acceptors (Lipinski definition) is 3. The normalized spacial score (nSPS) is 22.2. The number of nitrogens with one attached hydrogen (secondary N) is 1. The van der Waals surface area contributed by atoms with Crippen LogP contribution < -0.4 is 5.32 Å². The molecule has 2 amide bonds. The summed E-state index contributed by atoms with van der Waals surface area (Å²) in [4.78, 5) is 26.4. The van der Waals surface area contributed by atoms with Gasteiger partial charge in [-0.25, -0.2) is 0 Å². The summed E-state index contributed by atoms with van der Waals surface area (Å²) in [6, 6.07) is 9.76. The zero-order chi connectivity index (χ0) is 17.6. The quantitative estimate of drug-likeness (QED) is 0.919. The molecule has 0 aliphatic carbocycles. The Hall–Kier alpha value is -2.63. The van der Waals surface area contributed by atoms with Crippen molar-refractivity contribution >= 4 is 11.8 Å². The highest BCUT2D eigenvalue weighted by Gasteiger charge is 2.43. The van der Waals surface area contributed by atoms with Crippen molar-refractivity contribution < 1.29 is 9.59 Å². The Labute approximate surface area is 146 Å². The van der Waals surface area contributed by atoms with Gasteiger partial charge in [0.15, 0.2) is 0 Å². The molecule has 2 atom stereocenters. The van der Waals surface area contributed by atoms with Crippen LogP contribution in [0.5, 0.6) is 0 Å². The minimum absolute atomic E-state index is 0.0115. The van der Waals surface area contributed by atoms with Gasteiger partial charge in [0.2, 0.25) is 5.91 Å². The van der Waals surface area contributed by atoms with E-state index in [2.05, 4.69) is 10.4 Å². The van der Waals surface area contributed by atoms with Crippen LogP contribution in [0.15, 0.2) is 30.3 Å². The zero-order valence-electron chi connectivity index (χ0n) is 14.5.